The lowest BCUT2D eigenvalue weighted by molar-refractivity contribution is -0.144. The number of ether oxygens (including phenoxy) is 1. The van der Waals surface area contributed by atoms with Crippen molar-refractivity contribution in [3.05, 3.63) is 18.2 Å². The van der Waals surface area contributed by atoms with Crippen molar-refractivity contribution in [2.75, 3.05) is 32.8 Å². The maximum atomic E-state index is 13.0. The summed E-state index contributed by atoms with van der Waals surface area (Å²) in [6.45, 7) is 5.96. The normalized spacial score (nSPS) is 27.9. The second-order valence-electron chi connectivity index (χ2n) is 9.03. The maximum absolute atomic E-state index is 13.0. The number of piperidine rings is 1. The molecule has 0 spiro atoms. The zero-order chi connectivity index (χ0) is 19.8. The quantitative estimate of drug-likeness (QED) is 0.664. The lowest BCUT2D eigenvalue weighted by Crippen LogP contribution is -2.50. The Hall–Kier alpha value is -1.80. The fourth-order valence-electron chi connectivity index (χ4n) is 4.12. The second-order valence-corrected chi connectivity index (χ2v) is 9.03. The predicted octanol–water partition coefficient (Wildman–Crippen LogP) is 1.94. The van der Waals surface area contributed by atoms with E-state index in [0.717, 1.165) is 63.6 Å². The van der Waals surface area contributed by atoms with E-state index >= 15 is 0 Å². The summed E-state index contributed by atoms with van der Waals surface area (Å²) >= 11 is 0. The van der Waals surface area contributed by atoms with E-state index in [9.17, 15) is 14.3 Å². The SMILES string of the molecule is CC1CC1NCC1(COc2ncc(F)cn2)CCN(CC2(C(=O)O)CC2)CC1. The van der Waals surface area contributed by atoms with Gasteiger partial charge in [-0.1, -0.05) is 6.92 Å². The molecule has 2 heterocycles. The molecule has 1 aromatic rings. The van der Waals surface area contributed by atoms with E-state index in [2.05, 4.69) is 27.1 Å². The molecule has 7 nitrogen and oxygen atoms in total. The number of nitrogens with zero attached hydrogens (tertiary/aromatic N) is 3. The summed E-state index contributed by atoms with van der Waals surface area (Å²) in [4.78, 5) is 21.6. The van der Waals surface area contributed by atoms with Gasteiger partial charge in [0.15, 0.2) is 5.82 Å². The molecular formula is C20H29FN4O3. The van der Waals surface area contributed by atoms with E-state index in [0.29, 0.717) is 19.2 Å². The van der Waals surface area contributed by atoms with Crippen LogP contribution < -0.4 is 10.1 Å². The first-order chi connectivity index (χ1) is 13.4. The third-order valence-electron chi connectivity index (χ3n) is 6.70. The molecule has 1 aromatic heterocycles. The minimum absolute atomic E-state index is 0.0451. The first-order valence-corrected chi connectivity index (χ1v) is 10.2. The van der Waals surface area contributed by atoms with Crippen LogP contribution in [0.3, 0.4) is 0 Å². The van der Waals surface area contributed by atoms with Crippen molar-refractivity contribution >= 4 is 5.97 Å². The number of likely N-dealkylation sites (tertiary alicyclic amines) is 1. The summed E-state index contributed by atoms with van der Waals surface area (Å²) in [6.07, 6.45) is 6.87. The van der Waals surface area contributed by atoms with Crippen LogP contribution in [0.5, 0.6) is 6.01 Å². The molecule has 0 amide bonds. The van der Waals surface area contributed by atoms with Crippen LogP contribution in [0, 0.1) is 22.6 Å². The summed E-state index contributed by atoms with van der Waals surface area (Å²) < 4.78 is 18.8. The van der Waals surface area contributed by atoms with Gasteiger partial charge in [-0.15, -0.1) is 0 Å². The summed E-state index contributed by atoms with van der Waals surface area (Å²) in [5.74, 6) is -0.415. The Morgan fingerprint density at radius 1 is 1.32 bits per heavy atom. The average molecular weight is 392 g/mol. The van der Waals surface area contributed by atoms with Gasteiger partial charge in [0.05, 0.1) is 24.4 Å². The molecule has 1 aliphatic heterocycles. The Morgan fingerprint density at radius 2 is 1.96 bits per heavy atom. The fraction of sp³-hybridized carbons (Fsp3) is 0.750. The van der Waals surface area contributed by atoms with E-state index in [-0.39, 0.29) is 11.4 Å². The number of aromatic nitrogens is 2. The average Bonchev–Trinajstić information content (AvgIpc) is 3.60. The minimum Gasteiger partial charge on any atom is -0.481 e. The smallest absolute Gasteiger partial charge is 0.316 e. The van der Waals surface area contributed by atoms with Crippen molar-refractivity contribution in [2.45, 2.75) is 45.1 Å². The highest BCUT2D eigenvalue weighted by molar-refractivity contribution is 5.78. The van der Waals surface area contributed by atoms with Crippen LogP contribution in [0.1, 0.15) is 39.0 Å². The molecule has 2 saturated carbocycles. The highest BCUT2D eigenvalue weighted by atomic mass is 19.1. The molecule has 0 bridgehead atoms. The Morgan fingerprint density at radius 3 is 2.50 bits per heavy atom. The molecule has 0 radical (unpaired) electrons. The Kier molecular flexibility index (Phi) is 5.26. The van der Waals surface area contributed by atoms with Gasteiger partial charge in [0.25, 0.3) is 0 Å². The van der Waals surface area contributed by atoms with Crippen LogP contribution in [-0.4, -0.2) is 64.8 Å². The molecule has 2 atom stereocenters. The summed E-state index contributed by atoms with van der Waals surface area (Å²) in [5, 5.41) is 13.1. The van der Waals surface area contributed by atoms with Crippen molar-refractivity contribution < 1.29 is 19.0 Å². The van der Waals surface area contributed by atoms with Gasteiger partial charge < -0.3 is 20.1 Å². The third-order valence-corrected chi connectivity index (χ3v) is 6.70. The highest BCUT2D eigenvalue weighted by Gasteiger charge is 2.52. The highest BCUT2D eigenvalue weighted by Crippen LogP contribution is 2.47. The summed E-state index contributed by atoms with van der Waals surface area (Å²) in [6, 6.07) is 0.782. The van der Waals surface area contributed by atoms with Gasteiger partial charge in [-0.3, -0.25) is 4.79 Å². The Labute approximate surface area is 164 Å². The molecule has 8 heteroatoms. The molecule has 2 aliphatic carbocycles. The van der Waals surface area contributed by atoms with E-state index in [4.69, 9.17) is 4.74 Å². The second kappa shape index (κ2) is 7.55. The van der Waals surface area contributed by atoms with Gasteiger partial charge in [-0.25, -0.2) is 14.4 Å². The van der Waals surface area contributed by atoms with Crippen LogP contribution in [0.2, 0.25) is 0 Å². The van der Waals surface area contributed by atoms with Crippen molar-refractivity contribution in [3.63, 3.8) is 0 Å². The van der Waals surface area contributed by atoms with Crippen molar-refractivity contribution in [1.29, 1.82) is 0 Å². The van der Waals surface area contributed by atoms with Gasteiger partial charge in [-0.2, -0.15) is 0 Å². The molecule has 0 aromatic carbocycles. The molecule has 4 rings (SSSR count). The molecule has 2 N–H and O–H groups in total. The molecule has 154 valence electrons. The predicted molar refractivity (Wildman–Crippen MR) is 100 cm³/mol. The number of hydrogen-bond acceptors (Lipinski definition) is 6. The standard InChI is InChI=1S/C20H29FN4O3/c1-14-8-16(14)24-11-19(13-28-18-22-9-15(21)10-23-18)4-6-25(7-5-19)12-20(2-3-20)17(26)27/h9-10,14,16,24H,2-8,11-13H2,1H3,(H,26,27). The minimum atomic E-state index is -0.662. The molecule has 28 heavy (non-hydrogen) atoms. The van der Waals surface area contributed by atoms with Crippen LogP contribution in [0.4, 0.5) is 4.39 Å². The monoisotopic (exact) mass is 392 g/mol. The zero-order valence-corrected chi connectivity index (χ0v) is 16.4. The number of halogens is 1. The molecule has 1 saturated heterocycles. The Bertz CT molecular complexity index is 702. The van der Waals surface area contributed by atoms with Crippen molar-refractivity contribution in [2.24, 2.45) is 16.7 Å². The molecule has 2 unspecified atom stereocenters. The number of carboxylic acids is 1. The summed E-state index contributed by atoms with van der Waals surface area (Å²) in [7, 11) is 0. The largest absolute Gasteiger partial charge is 0.481 e. The number of carboxylic acid groups (broad SMARTS) is 1. The van der Waals surface area contributed by atoms with Crippen molar-refractivity contribution in [1.82, 2.24) is 20.2 Å². The topological polar surface area (TPSA) is 87.6 Å². The number of carbonyl (C=O) groups is 1. The number of rotatable bonds is 9. The van der Waals surface area contributed by atoms with Crippen LogP contribution >= 0.6 is 0 Å². The fourth-order valence-corrected chi connectivity index (χ4v) is 4.12. The lowest BCUT2D eigenvalue weighted by Gasteiger charge is -2.42. The number of hydrogen-bond donors (Lipinski definition) is 2. The number of aliphatic carboxylic acids is 1. The van der Waals surface area contributed by atoms with E-state index in [1.54, 1.807) is 0 Å². The van der Waals surface area contributed by atoms with E-state index < -0.39 is 17.2 Å². The van der Waals surface area contributed by atoms with Gasteiger partial charge in [0.1, 0.15) is 0 Å². The first-order valence-electron chi connectivity index (χ1n) is 10.2. The van der Waals surface area contributed by atoms with Gasteiger partial charge in [0, 0.05) is 24.5 Å². The van der Waals surface area contributed by atoms with Gasteiger partial charge in [0.2, 0.25) is 0 Å². The third kappa shape index (κ3) is 4.43. The van der Waals surface area contributed by atoms with Gasteiger partial charge >= 0.3 is 12.0 Å². The molecular weight excluding hydrogens is 363 g/mol. The van der Waals surface area contributed by atoms with Crippen LogP contribution in [0.15, 0.2) is 12.4 Å². The maximum Gasteiger partial charge on any atom is 0.316 e. The lowest BCUT2D eigenvalue weighted by atomic mass is 9.78. The zero-order valence-electron chi connectivity index (χ0n) is 16.4. The van der Waals surface area contributed by atoms with Crippen LogP contribution in [-0.2, 0) is 4.79 Å². The van der Waals surface area contributed by atoms with Crippen molar-refractivity contribution in [3.8, 4) is 6.01 Å². The van der Waals surface area contributed by atoms with E-state index in [1.807, 2.05) is 0 Å². The number of nitrogens with one attached hydrogen (secondary N) is 1. The van der Waals surface area contributed by atoms with E-state index in [1.165, 1.54) is 6.42 Å². The first kappa shape index (κ1) is 19.5. The summed E-state index contributed by atoms with van der Waals surface area (Å²) in [5.41, 5.74) is -0.559. The van der Waals surface area contributed by atoms with Crippen LogP contribution in [0.25, 0.3) is 0 Å². The Balaban J connectivity index is 1.35. The molecule has 3 aliphatic rings. The molecule has 3 fully saturated rings. The van der Waals surface area contributed by atoms with Gasteiger partial charge in [-0.05, 0) is 51.1 Å².